The number of amides is 1. The van der Waals surface area contributed by atoms with Crippen molar-refractivity contribution in [2.24, 2.45) is 0 Å². The zero-order valence-electron chi connectivity index (χ0n) is 20.9. The van der Waals surface area contributed by atoms with Crippen molar-refractivity contribution in [1.29, 1.82) is 5.26 Å². The minimum atomic E-state index is -1.15. The summed E-state index contributed by atoms with van der Waals surface area (Å²) in [5, 5.41) is 22.3. The Labute approximate surface area is 223 Å². The zero-order chi connectivity index (χ0) is 27.9. The number of pyridine rings is 1. The van der Waals surface area contributed by atoms with E-state index in [0.29, 0.717) is 22.4 Å². The molecule has 2 N–H and O–H groups in total. The Morgan fingerprint density at radius 2 is 1.79 bits per heavy atom. The van der Waals surface area contributed by atoms with Gasteiger partial charge in [-0.2, -0.15) is 5.26 Å². The lowest BCUT2D eigenvalue weighted by atomic mass is 9.96. The molecule has 10 heteroatoms. The molecule has 3 aromatic carbocycles. The molecule has 196 valence electrons. The van der Waals surface area contributed by atoms with Gasteiger partial charge in [-0.05, 0) is 48.0 Å². The lowest BCUT2D eigenvalue weighted by molar-refractivity contribution is 0.0513. The number of hydrogen-bond donors (Lipinski definition) is 2. The first kappa shape index (κ1) is 26.8. The van der Waals surface area contributed by atoms with Crippen LogP contribution in [-0.2, 0) is 4.74 Å². The van der Waals surface area contributed by atoms with Gasteiger partial charge < -0.3 is 24.6 Å². The highest BCUT2D eigenvalue weighted by Crippen LogP contribution is 2.37. The van der Waals surface area contributed by atoms with Crippen molar-refractivity contribution in [1.82, 2.24) is 4.98 Å². The fraction of sp³-hybridized carbons (Fsp3) is 0.103. The summed E-state index contributed by atoms with van der Waals surface area (Å²) < 4.78 is 29.9. The van der Waals surface area contributed by atoms with E-state index in [4.69, 9.17) is 14.2 Å². The quantitative estimate of drug-likeness (QED) is 0.278. The van der Waals surface area contributed by atoms with Crippen molar-refractivity contribution in [2.75, 3.05) is 26.3 Å². The van der Waals surface area contributed by atoms with Crippen LogP contribution in [0.4, 0.5) is 10.2 Å². The van der Waals surface area contributed by atoms with Gasteiger partial charge in [0.05, 0.1) is 23.9 Å². The molecular weight excluding hydrogens is 505 g/mol. The lowest BCUT2D eigenvalue weighted by Crippen LogP contribution is -2.16. The molecule has 4 aromatic rings. The van der Waals surface area contributed by atoms with E-state index in [-0.39, 0.29) is 40.7 Å². The number of carbonyl (C=O) groups is 2. The molecule has 0 aliphatic rings. The number of carbonyl (C=O) groups excluding carboxylic acids is 1. The van der Waals surface area contributed by atoms with Crippen LogP contribution >= 0.6 is 0 Å². The molecule has 0 atom stereocenters. The molecule has 0 fully saturated rings. The van der Waals surface area contributed by atoms with Gasteiger partial charge in [-0.1, -0.05) is 24.3 Å². The number of benzene rings is 3. The lowest BCUT2D eigenvalue weighted by Gasteiger charge is -2.16. The number of para-hydroxylation sites is 1. The van der Waals surface area contributed by atoms with Gasteiger partial charge in [0, 0.05) is 24.3 Å². The van der Waals surface area contributed by atoms with Crippen molar-refractivity contribution < 1.29 is 33.3 Å². The van der Waals surface area contributed by atoms with Gasteiger partial charge in [-0.15, -0.1) is 0 Å². The minimum Gasteiger partial charge on any atom is -0.496 e. The predicted octanol–water partition coefficient (Wildman–Crippen LogP) is 5.37. The van der Waals surface area contributed by atoms with Crippen molar-refractivity contribution in [3.05, 3.63) is 95.3 Å². The Balaban J connectivity index is 1.94. The van der Waals surface area contributed by atoms with Crippen LogP contribution in [0.1, 0.15) is 26.3 Å². The largest absolute Gasteiger partial charge is 0.496 e. The molecule has 39 heavy (non-hydrogen) atoms. The third-order valence-corrected chi connectivity index (χ3v) is 5.69. The number of rotatable bonds is 9. The minimum absolute atomic E-state index is 0.000239. The topological polar surface area (TPSA) is 131 Å². The molecule has 0 unspecified atom stereocenters. The van der Waals surface area contributed by atoms with Crippen molar-refractivity contribution >= 4 is 17.7 Å². The second kappa shape index (κ2) is 11.9. The molecule has 1 amide bonds. The average Bonchev–Trinajstić information content (AvgIpc) is 2.95. The van der Waals surface area contributed by atoms with E-state index in [1.807, 2.05) is 0 Å². The zero-order valence-corrected chi connectivity index (χ0v) is 20.9. The number of carboxylic acids is 1. The number of halogens is 1. The van der Waals surface area contributed by atoms with E-state index in [0.717, 1.165) is 6.07 Å². The number of nitrogens with zero attached hydrogens (tertiary/aromatic N) is 2. The standard InChI is InChI=1S/C29H22FN3O6/c1-37-16-39-26-13-19(30)10-11-20(26)24-14-22(17-6-5-7-18(12-17)29(35)36)23(15-31)27(32-24)33-28(34)21-8-3-4-9-25(21)38-2/h3-14H,16H2,1-2H3,(H,35,36)(H,32,33,34). The second-order valence-electron chi connectivity index (χ2n) is 8.12. The van der Waals surface area contributed by atoms with Gasteiger partial charge in [0.15, 0.2) is 12.6 Å². The number of nitrogens with one attached hydrogen (secondary N) is 1. The van der Waals surface area contributed by atoms with Crippen LogP contribution in [0.5, 0.6) is 11.5 Å². The number of aromatic nitrogens is 1. The number of ether oxygens (including phenoxy) is 3. The number of anilines is 1. The number of methoxy groups -OCH3 is 2. The summed E-state index contributed by atoms with van der Waals surface area (Å²) in [5.74, 6) is -1.97. The summed E-state index contributed by atoms with van der Waals surface area (Å²) in [6, 6.07) is 20.0. The molecule has 0 saturated carbocycles. The molecule has 4 rings (SSSR count). The molecule has 1 aromatic heterocycles. The normalized spacial score (nSPS) is 10.4. The first-order valence-electron chi connectivity index (χ1n) is 11.5. The molecule has 0 saturated heterocycles. The fourth-order valence-corrected chi connectivity index (χ4v) is 3.89. The SMILES string of the molecule is COCOc1cc(F)ccc1-c1cc(-c2cccc(C(=O)O)c2)c(C#N)c(NC(=O)c2ccccc2OC)n1. The van der Waals surface area contributed by atoms with Crippen LogP contribution in [0, 0.1) is 17.1 Å². The summed E-state index contributed by atoms with van der Waals surface area (Å²) in [4.78, 5) is 29.4. The molecule has 0 aliphatic carbocycles. The maximum atomic E-state index is 14.1. The van der Waals surface area contributed by atoms with Gasteiger partial charge >= 0.3 is 5.97 Å². The summed E-state index contributed by atoms with van der Waals surface area (Å²) in [6.07, 6.45) is 0. The highest BCUT2D eigenvalue weighted by molar-refractivity contribution is 6.07. The third kappa shape index (κ3) is 5.84. The average molecular weight is 528 g/mol. The molecule has 0 bridgehead atoms. The van der Waals surface area contributed by atoms with Crippen molar-refractivity contribution in [2.45, 2.75) is 0 Å². The number of aromatic carboxylic acids is 1. The Morgan fingerprint density at radius 1 is 1.00 bits per heavy atom. The second-order valence-corrected chi connectivity index (χ2v) is 8.12. The smallest absolute Gasteiger partial charge is 0.335 e. The molecule has 1 heterocycles. The predicted molar refractivity (Wildman–Crippen MR) is 140 cm³/mol. The first-order valence-corrected chi connectivity index (χ1v) is 11.5. The maximum Gasteiger partial charge on any atom is 0.335 e. The summed E-state index contributed by atoms with van der Waals surface area (Å²) in [6.45, 7) is -0.169. The van der Waals surface area contributed by atoms with Crippen LogP contribution in [0.2, 0.25) is 0 Å². The summed E-state index contributed by atoms with van der Waals surface area (Å²) in [7, 11) is 2.84. The van der Waals surface area contributed by atoms with Crippen LogP contribution in [0.25, 0.3) is 22.4 Å². The Hall–Kier alpha value is -5.27. The van der Waals surface area contributed by atoms with Crippen LogP contribution in [0.3, 0.4) is 0 Å². The Kier molecular flexibility index (Phi) is 8.14. The molecule has 9 nitrogen and oxygen atoms in total. The van der Waals surface area contributed by atoms with Gasteiger partial charge in [-0.3, -0.25) is 4.79 Å². The highest BCUT2D eigenvalue weighted by Gasteiger charge is 2.21. The fourth-order valence-electron chi connectivity index (χ4n) is 3.89. The van der Waals surface area contributed by atoms with Gasteiger partial charge in [-0.25, -0.2) is 14.2 Å². The molecule has 0 aliphatic heterocycles. The molecule has 0 spiro atoms. The van der Waals surface area contributed by atoms with E-state index in [2.05, 4.69) is 16.4 Å². The maximum absolute atomic E-state index is 14.1. The monoisotopic (exact) mass is 527 g/mol. The number of hydrogen-bond acceptors (Lipinski definition) is 7. The number of nitriles is 1. The highest BCUT2D eigenvalue weighted by atomic mass is 19.1. The van der Waals surface area contributed by atoms with E-state index < -0.39 is 17.7 Å². The molecular formula is C29H22FN3O6. The summed E-state index contributed by atoms with van der Waals surface area (Å²) in [5.41, 5.74) is 1.46. The van der Waals surface area contributed by atoms with Crippen LogP contribution < -0.4 is 14.8 Å². The van der Waals surface area contributed by atoms with E-state index in [1.54, 1.807) is 36.4 Å². The third-order valence-electron chi connectivity index (χ3n) is 5.69. The van der Waals surface area contributed by atoms with Crippen molar-refractivity contribution in [3.8, 4) is 40.0 Å². The van der Waals surface area contributed by atoms with Gasteiger partial charge in [0.25, 0.3) is 5.91 Å². The summed E-state index contributed by atoms with van der Waals surface area (Å²) >= 11 is 0. The van der Waals surface area contributed by atoms with Crippen LogP contribution in [0.15, 0.2) is 72.8 Å². The Bertz CT molecular complexity index is 1600. The van der Waals surface area contributed by atoms with E-state index in [1.165, 1.54) is 44.6 Å². The van der Waals surface area contributed by atoms with Gasteiger partial charge in [0.2, 0.25) is 0 Å². The van der Waals surface area contributed by atoms with E-state index >= 15 is 0 Å². The molecule has 0 radical (unpaired) electrons. The first-order chi connectivity index (χ1) is 18.9. The van der Waals surface area contributed by atoms with Crippen LogP contribution in [-0.4, -0.2) is 43.0 Å². The Morgan fingerprint density at radius 3 is 2.51 bits per heavy atom. The van der Waals surface area contributed by atoms with Gasteiger partial charge in [0.1, 0.15) is 28.9 Å². The van der Waals surface area contributed by atoms with E-state index in [9.17, 15) is 24.3 Å². The number of carboxylic acid groups (broad SMARTS) is 1. The van der Waals surface area contributed by atoms with Crippen molar-refractivity contribution in [3.63, 3.8) is 0 Å².